The number of hydrogen-bond donors (Lipinski definition) is 3. The lowest BCUT2D eigenvalue weighted by Crippen LogP contribution is -2.44. The molecule has 0 unspecified atom stereocenters. The quantitative estimate of drug-likeness (QED) is 0.438. The van der Waals surface area contributed by atoms with E-state index >= 15 is 0 Å². The van der Waals surface area contributed by atoms with Crippen LogP contribution >= 0.6 is 0 Å². The maximum Gasteiger partial charge on any atom is 0.191 e. The molecule has 1 rings (SSSR count). The largest absolute Gasteiger partial charge is 0.355 e. The van der Waals surface area contributed by atoms with Gasteiger partial charge >= 0.3 is 0 Å². The summed E-state index contributed by atoms with van der Waals surface area (Å²) < 4.78 is 13.1. The van der Waals surface area contributed by atoms with E-state index in [1.165, 1.54) is 12.1 Å². The van der Waals surface area contributed by atoms with Crippen molar-refractivity contribution in [2.45, 2.75) is 32.9 Å². The van der Waals surface area contributed by atoms with Crippen molar-refractivity contribution in [3.05, 3.63) is 35.6 Å². The van der Waals surface area contributed by atoms with Crippen LogP contribution in [0.25, 0.3) is 0 Å². The summed E-state index contributed by atoms with van der Waals surface area (Å²) in [5.74, 6) is 0.492. The van der Waals surface area contributed by atoms with Crippen LogP contribution in [0.1, 0.15) is 26.3 Å². The minimum atomic E-state index is -0.221. The first-order valence-electron chi connectivity index (χ1n) is 6.85. The predicted molar refractivity (Wildman–Crippen MR) is 82.4 cm³/mol. The summed E-state index contributed by atoms with van der Waals surface area (Å²) in [5, 5.41) is 9.75. The molecule has 5 heteroatoms. The van der Waals surface area contributed by atoms with Crippen molar-refractivity contribution < 1.29 is 4.39 Å². The monoisotopic (exact) mass is 280 g/mol. The van der Waals surface area contributed by atoms with Gasteiger partial charge in [-0.2, -0.15) is 0 Å². The molecule has 3 N–H and O–H groups in total. The molecule has 0 fully saturated rings. The van der Waals surface area contributed by atoms with Gasteiger partial charge in [0.15, 0.2) is 5.96 Å². The second kappa shape index (κ2) is 7.85. The van der Waals surface area contributed by atoms with Gasteiger partial charge in [0.05, 0.1) is 0 Å². The van der Waals surface area contributed by atoms with Gasteiger partial charge in [-0.15, -0.1) is 0 Å². The Bertz CT molecular complexity index is 438. The SMILES string of the molecule is CN=C(NCCNC(C)(C)C)NCc1cccc(F)c1. The zero-order valence-corrected chi connectivity index (χ0v) is 12.8. The first-order valence-corrected chi connectivity index (χ1v) is 6.85. The van der Waals surface area contributed by atoms with Gasteiger partial charge in [-0.25, -0.2) is 4.39 Å². The van der Waals surface area contributed by atoms with Crippen molar-refractivity contribution in [3.63, 3.8) is 0 Å². The van der Waals surface area contributed by atoms with Crippen molar-refractivity contribution in [2.24, 2.45) is 4.99 Å². The third-order valence-corrected chi connectivity index (χ3v) is 2.65. The number of benzene rings is 1. The molecular formula is C15H25FN4. The van der Waals surface area contributed by atoms with Crippen molar-refractivity contribution >= 4 is 5.96 Å². The predicted octanol–water partition coefficient (Wildman–Crippen LogP) is 1.88. The molecule has 112 valence electrons. The Morgan fingerprint density at radius 1 is 1.20 bits per heavy atom. The summed E-state index contributed by atoms with van der Waals surface area (Å²) in [4.78, 5) is 4.13. The Labute approximate surface area is 120 Å². The molecule has 0 aromatic heterocycles. The Morgan fingerprint density at radius 3 is 2.55 bits per heavy atom. The van der Waals surface area contributed by atoms with Crippen molar-refractivity contribution in [1.82, 2.24) is 16.0 Å². The fourth-order valence-electron chi connectivity index (χ4n) is 1.67. The van der Waals surface area contributed by atoms with Gasteiger partial charge in [0, 0.05) is 32.2 Å². The lowest BCUT2D eigenvalue weighted by atomic mass is 10.1. The average molecular weight is 280 g/mol. The normalized spacial score (nSPS) is 12.3. The van der Waals surface area contributed by atoms with Crippen LogP contribution in [0.4, 0.5) is 4.39 Å². The van der Waals surface area contributed by atoms with E-state index < -0.39 is 0 Å². The average Bonchev–Trinajstić information content (AvgIpc) is 2.37. The van der Waals surface area contributed by atoms with Crippen molar-refractivity contribution in [3.8, 4) is 0 Å². The fourth-order valence-corrected chi connectivity index (χ4v) is 1.67. The topological polar surface area (TPSA) is 48.5 Å². The maximum absolute atomic E-state index is 13.1. The van der Waals surface area contributed by atoms with E-state index in [0.29, 0.717) is 12.5 Å². The number of guanidine groups is 1. The molecule has 20 heavy (non-hydrogen) atoms. The van der Waals surface area contributed by atoms with Crippen molar-refractivity contribution in [2.75, 3.05) is 20.1 Å². The van der Waals surface area contributed by atoms with Gasteiger partial charge in [-0.05, 0) is 38.5 Å². The molecule has 0 aliphatic heterocycles. The summed E-state index contributed by atoms with van der Waals surface area (Å²) >= 11 is 0. The van der Waals surface area contributed by atoms with Gasteiger partial charge in [0.2, 0.25) is 0 Å². The minimum Gasteiger partial charge on any atom is -0.355 e. The van der Waals surface area contributed by atoms with Crippen LogP contribution in [-0.4, -0.2) is 31.6 Å². The molecule has 0 amide bonds. The van der Waals surface area contributed by atoms with Gasteiger partial charge in [0.1, 0.15) is 5.82 Å². The van der Waals surface area contributed by atoms with Crippen LogP contribution in [0.15, 0.2) is 29.3 Å². The van der Waals surface area contributed by atoms with Crippen LogP contribution < -0.4 is 16.0 Å². The van der Waals surface area contributed by atoms with Gasteiger partial charge in [-0.3, -0.25) is 4.99 Å². The highest BCUT2D eigenvalue weighted by molar-refractivity contribution is 5.79. The Balaban J connectivity index is 2.30. The van der Waals surface area contributed by atoms with E-state index in [2.05, 4.69) is 41.7 Å². The molecule has 0 aliphatic rings. The van der Waals surface area contributed by atoms with Crippen LogP contribution in [0.2, 0.25) is 0 Å². The molecule has 0 atom stereocenters. The summed E-state index contributed by atoms with van der Waals surface area (Å²) in [6, 6.07) is 6.54. The van der Waals surface area contributed by atoms with E-state index in [-0.39, 0.29) is 11.4 Å². The van der Waals surface area contributed by atoms with Gasteiger partial charge < -0.3 is 16.0 Å². The van der Waals surface area contributed by atoms with Crippen LogP contribution in [0.5, 0.6) is 0 Å². The molecule has 1 aromatic carbocycles. The Morgan fingerprint density at radius 2 is 1.95 bits per heavy atom. The van der Waals surface area contributed by atoms with E-state index in [1.807, 2.05) is 6.07 Å². The lowest BCUT2D eigenvalue weighted by molar-refractivity contribution is 0.428. The molecular weight excluding hydrogens is 255 g/mol. The molecule has 0 bridgehead atoms. The van der Waals surface area contributed by atoms with E-state index in [0.717, 1.165) is 18.7 Å². The molecule has 0 saturated heterocycles. The summed E-state index contributed by atoms with van der Waals surface area (Å²) in [6.07, 6.45) is 0. The molecule has 0 radical (unpaired) electrons. The number of halogens is 1. The number of hydrogen-bond acceptors (Lipinski definition) is 2. The molecule has 0 spiro atoms. The zero-order valence-electron chi connectivity index (χ0n) is 12.8. The van der Waals surface area contributed by atoms with Crippen molar-refractivity contribution in [1.29, 1.82) is 0 Å². The van der Waals surface area contributed by atoms with Gasteiger partial charge in [0.25, 0.3) is 0 Å². The molecule has 1 aromatic rings. The molecule has 0 saturated carbocycles. The number of rotatable bonds is 5. The van der Waals surface area contributed by atoms with E-state index in [4.69, 9.17) is 0 Å². The highest BCUT2D eigenvalue weighted by Crippen LogP contribution is 2.02. The summed E-state index contributed by atoms with van der Waals surface area (Å²) in [6.45, 7) is 8.56. The third kappa shape index (κ3) is 7.09. The first-order chi connectivity index (χ1) is 9.40. The first kappa shape index (κ1) is 16.4. The molecule has 4 nitrogen and oxygen atoms in total. The zero-order chi connectivity index (χ0) is 15.0. The molecule has 0 aliphatic carbocycles. The van der Waals surface area contributed by atoms with Crippen LogP contribution in [-0.2, 0) is 6.54 Å². The second-order valence-corrected chi connectivity index (χ2v) is 5.66. The highest BCUT2D eigenvalue weighted by atomic mass is 19.1. The number of aliphatic imine (C=N–C) groups is 1. The van der Waals surface area contributed by atoms with Crippen LogP contribution in [0, 0.1) is 5.82 Å². The standard InChI is InChI=1S/C15H25FN4/c1-15(2,3)20-9-8-18-14(17-4)19-11-12-6-5-7-13(16)10-12/h5-7,10,20H,8-9,11H2,1-4H3,(H2,17,18,19). The Hall–Kier alpha value is -1.62. The smallest absolute Gasteiger partial charge is 0.191 e. The maximum atomic E-state index is 13.1. The second-order valence-electron chi connectivity index (χ2n) is 5.66. The number of nitrogens with one attached hydrogen (secondary N) is 3. The Kier molecular flexibility index (Phi) is 6.45. The van der Waals surface area contributed by atoms with Gasteiger partial charge in [-0.1, -0.05) is 12.1 Å². The third-order valence-electron chi connectivity index (χ3n) is 2.65. The van der Waals surface area contributed by atoms with E-state index in [1.54, 1.807) is 13.1 Å². The highest BCUT2D eigenvalue weighted by Gasteiger charge is 2.07. The lowest BCUT2D eigenvalue weighted by Gasteiger charge is -2.21. The molecule has 0 heterocycles. The fraction of sp³-hybridized carbons (Fsp3) is 0.533. The van der Waals surface area contributed by atoms with E-state index in [9.17, 15) is 4.39 Å². The van der Waals surface area contributed by atoms with Crippen LogP contribution in [0.3, 0.4) is 0 Å². The number of nitrogens with zero attached hydrogens (tertiary/aromatic N) is 1. The summed E-state index contributed by atoms with van der Waals surface area (Å²) in [7, 11) is 1.72. The minimum absolute atomic E-state index is 0.111. The summed E-state index contributed by atoms with van der Waals surface area (Å²) in [5.41, 5.74) is 1.00.